The summed E-state index contributed by atoms with van der Waals surface area (Å²) >= 11 is 1.80. The summed E-state index contributed by atoms with van der Waals surface area (Å²) in [6.45, 7) is 13.3. The smallest absolute Gasteiger partial charge is 0.0492 e. The Labute approximate surface area is 116 Å². The van der Waals surface area contributed by atoms with Crippen LogP contribution in [0.2, 0.25) is 0 Å². The maximum Gasteiger partial charge on any atom is 0.0492 e. The Balaban J connectivity index is 3.15. The molecule has 0 aliphatic rings. The molecule has 1 atom stereocenters. The van der Waals surface area contributed by atoms with Gasteiger partial charge in [-0.15, -0.1) is 11.3 Å². The number of aryl methyl sites for hydroxylation is 1. The molecule has 1 aromatic rings. The summed E-state index contributed by atoms with van der Waals surface area (Å²) in [5.41, 5.74) is 8.08. The maximum atomic E-state index is 6.66. The van der Waals surface area contributed by atoms with E-state index < -0.39 is 0 Å². The third-order valence-corrected chi connectivity index (χ3v) is 5.29. The van der Waals surface area contributed by atoms with Gasteiger partial charge >= 0.3 is 0 Å². The standard InChI is InChI=1S/C15H28N2S/c1-6-15(7-2,17(8-3)9-4)14(16)13-10-11-18-12(13)5/h10-11,14H,6-9,16H2,1-5H3. The van der Waals surface area contributed by atoms with Crippen molar-refractivity contribution in [3.8, 4) is 0 Å². The fourth-order valence-electron chi connectivity index (χ4n) is 3.19. The Kier molecular flexibility index (Phi) is 5.83. The Morgan fingerprint density at radius 1 is 1.22 bits per heavy atom. The fraction of sp³-hybridized carbons (Fsp3) is 0.733. The van der Waals surface area contributed by atoms with Gasteiger partial charge in [-0.2, -0.15) is 0 Å². The summed E-state index contributed by atoms with van der Waals surface area (Å²) in [5, 5.41) is 2.16. The summed E-state index contributed by atoms with van der Waals surface area (Å²) in [5.74, 6) is 0. The molecule has 1 unspecified atom stereocenters. The zero-order chi connectivity index (χ0) is 13.8. The van der Waals surface area contributed by atoms with Crippen molar-refractivity contribution in [3.05, 3.63) is 21.9 Å². The van der Waals surface area contributed by atoms with E-state index in [0.29, 0.717) is 0 Å². The zero-order valence-electron chi connectivity index (χ0n) is 12.5. The van der Waals surface area contributed by atoms with Gasteiger partial charge in [0.2, 0.25) is 0 Å². The van der Waals surface area contributed by atoms with Crippen molar-refractivity contribution >= 4 is 11.3 Å². The lowest BCUT2D eigenvalue weighted by Gasteiger charge is -2.46. The summed E-state index contributed by atoms with van der Waals surface area (Å²) in [4.78, 5) is 3.90. The molecule has 0 spiro atoms. The molecular formula is C15H28N2S. The van der Waals surface area contributed by atoms with Gasteiger partial charge in [0.25, 0.3) is 0 Å². The van der Waals surface area contributed by atoms with Gasteiger partial charge in [0.1, 0.15) is 0 Å². The SMILES string of the molecule is CCN(CC)C(CC)(CC)C(N)c1ccsc1C. The number of hydrogen-bond acceptors (Lipinski definition) is 3. The molecule has 1 aromatic heterocycles. The summed E-state index contributed by atoms with van der Waals surface area (Å²) in [6.07, 6.45) is 2.20. The van der Waals surface area contributed by atoms with E-state index in [4.69, 9.17) is 5.73 Å². The number of hydrogen-bond donors (Lipinski definition) is 1. The Hall–Kier alpha value is -0.380. The maximum absolute atomic E-state index is 6.66. The van der Waals surface area contributed by atoms with Crippen LogP contribution in [0.1, 0.15) is 57.0 Å². The second-order valence-corrected chi connectivity index (χ2v) is 6.01. The predicted octanol–water partition coefficient (Wildman–Crippen LogP) is 3.96. The molecule has 1 rings (SSSR count). The van der Waals surface area contributed by atoms with Crippen molar-refractivity contribution < 1.29 is 0 Å². The quantitative estimate of drug-likeness (QED) is 0.811. The van der Waals surface area contributed by atoms with Crippen LogP contribution >= 0.6 is 11.3 Å². The van der Waals surface area contributed by atoms with Gasteiger partial charge in [0.15, 0.2) is 0 Å². The van der Waals surface area contributed by atoms with Crippen LogP contribution in [-0.2, 0) is 0 Å². The van der Waals surface area contributed by atoms with E-state index in [-0.39, 0.29) is 11.6 Å². The minimum atomic E-state index is 0.0926. The molecule has 18 heavy (non-hydrogen) atoms. The van der Waals surface area contributed by atoms with Crippen LogP contribution < -0.4 is 5.73 Å². The van der Waals surface area contributed by atoms with Crippen molar-refractivity contribution in [2.45, 2.75) is 59.0 Å². The van der Waals surface area contributed by atoms with Crippen LogP contribution in [0.25, 0.3) is 0 Å². The van der Waals surface area contributed by atoms with Gasteiger partial charge in [0, 0.05) is 16.5 Å². The van der Waals surface area contributed by atoms with Gasteiger partial charge in [-0.1, -0.05) is 27.7 Å². The topological polar surface area (TPSA) is 29.3 Å². The molecule has 0 saturated carbocycles. The van der Waals surface area contributed by atoms with Crippen LogP contribution in [0, 0.1) is 6.92 Å². The van der Waals surface area contributed by atoms with E-state index in [0.717, 1.165) is 25.9 Å². The lowest BCUT2D eigenvalue weighted by Crippen LogP contribution is -2.54. The third-order valence-electron chi connectivity index (χ3n) is 4.43. The summed E-state index contributed by atoms with van der Waals surface area (Å²) in [6, 6.07) is 2.31. The van der Waals surface area contributed by atoms with E-state index in [9.17, 15) is 0 Å². The zero-order valence-corrected chi connectivity index (χ0v) is 13.3. The molecule has 1 heterocycles. The number of nitrogens with two attached hydrogens (primary N) is 1. The average Bonchev–Trinajstić information content (AvgIpc) is 2.81. The highest BCUT2D eigenvalue weighted by atomic mass is 32.1. The number of thiophene rings is 1. The molecule has 104 valence electrons. The second-order valence-electron chi connectivity index (χ2n) is 4.89. The second kappa shape index (κ2) is 6.69. The molecule has 0 aliphatic carbocycles. The van der Waals surface area contributed by atoms with Crippen LogP contribution in [0.3, 0.4) is 0 Å². The minimum absolute atomic E-state index is 0.0926. The van der Waals surface area contributed by atoms with Crippen molar-refractivity contribution in [2.75, 3.05) is 13.1 Å². The fourth-order valence-corrected chi connectivity index (χ4v) is 3.94. The van der Waals surface area contributed by atoms with Crippen LogP contribution in [0.4, 0.5) is 0 Å². The van der Waals surface area contributed by atoms with Crippen molar-refractivity contribution in [3.63, 3.8) is 0 Å². The van der Waals surface area contributed by atoms with Crippen LogP contribution in [0.15, 0.2) is 11.4 Å². The van der Waals surface area contributed by atoms with E-state index >= 15 is 0 Å². The summed E-state index contributed by atoms with van der Waals surface area (Å²) in [7, 11) is 0. The number of rotatable bonds is 7. The average molecular weight is 268 g/mol. The highest BCUT2D eigenvalue weighted by Gasteiger charge is 2.39. The van der Waals surface area contributed by atoms with Crippen LogP contribution in [-0.4, -0.2) is 23.5 Å². The van der Waals surface area contributed by atoms with Crippen LogP contribution in [0.5, 0.6) is 0 Å². The molecule has 0 saturated heterocycles. The predicted molar refractivity (Wildman–Crippen MR) is 82.2 cm³/mol. The first-order valence-corrected chi connectivity index (χ1v) is 7.99. The van der Waals surface area contributed by atoms with E-state index in [1.807, 2.05) is 0 Å². The lowest BCUT2D eigenvalue weighted by molar-refractivity contribution is 0.0625. The molecule has 3 heteroatoms. The highest BCUT2D eigenvalue weighted by molar-refractivity contribution is 7.10. The van der Waals surface area contributed by atoms with E-state index in [1.54, 1.807) is 11.3 Å². The molecule has 0 amide bonds. The monoisotopic (exact) mass is 268 g/mol. The lowest BCUT2D eigenvalue weighted by atomic mass is 9.79. The van der Waals surface area contributed by atoms with E-state index in [1.165, 1.54) is 10.4 Å². The van der Waals surface area contributed by atoms with Crippen molar-refractivity contribution in [1.82, 2.24) is 4.90 Å². The van der Waals surface area contributed by atoms with Gasteiger partial charge in [-0.25, -0.2) is 0 Å². The molecule has 2 N–H and O–H groups in total. The minimum Gasteiger partial charge on any atom is -0.322 e. The Morgan fingerprint density at radius 3 is 2.11 bits per heavy atom. The molecule has 0 fully saturated rings. The Morgan fingerprint density at radius 2 is 1.78 bits per heavy atom. The van der Waals surface area contributed by atoms with Gasteiger partial charge < -0.3 is 5.73 Å². The van der Waals surface area contributed by atoms with Gasteiger partial charge in [-0.3, -0.25) is 4.90 Å². The highest BCUT2D eigenvalue weighted by Crippen LogP contribution is 2.37. The molecule has 2 nitrogen and oxygen atoms in total. The third kappa shape index (κ3) is 2.63. The Bertz CT molecular complexity index is 351. The normalized spacial score (nSPS) is 14.2. The number of likely N-dealkylation sites (N-methyl/N-ethyl adjacent to an activating group) is 1. The van der Waals surface area contributed by atoms with Crippen molar-refractivity contribution in [2.24, 2.45) is 5.73 Å². The molecule has 0 radical (unpaired) electrons. The van der Waals surface area contributed by atoms with E-state index in [2.05, 4.69) is 51.0 Å². The van der Waals surface area contributed by atoms with Gasteiger partial charge in [-0.05, 0) is 49.9 Å². The first-order chi connectivity index (χ1) is 8.57. The summed E-state index contributed by atoms with van der Waals surface area (Å²) < 4.78 is 0. The number of nitrogens with zero attached hydrogens (tertiary/aromatic N) is 1. The molecular weight excluding hydrogens is 240 g/mol. The molecule has 0 bridgehead atoms. The first-order valence-electron chi connectivity index (χ1n) is 7.11. The molecule has 0 aromatic carbocycles. The largest absolute Gasteiger partial charge is 0.322 e. The molecule has 0 aliphatic heterocycles. The van der Waals surface area contributed by atoms with Crippen molar-refractivity contribution in [1.29, 1.82) is 0 Å². The first kappa shape index (κ1) is 15.7. The van der Waals surface area contributed by atoms with Gasteiger partial charge in [0.05, 0.1) is 0 Å².